The van der Waals surface area contributed by atoms with E-state index in [2.05, 4.69) is 9.82 Å². The maximum Gasteiger partial charge on any atom is 0.451 e. The predicted molar refractivity (Wildman–Crippen MR) is 82.6 cm³/mol. The van der Waals surface area contributed by atoms with Crippen molar-refractivity contribution in [1.82, 2.24) is 0 Å². The average Bonchev–Trinajstić information content (AvgIpc) is 2.54. The lowest BCUT2D eigenvalue weighted by atomic mass is 9.96. The van der Waals surface area contributed by atoms with Gasteiger partial charge in [-0.15, -0.1) is 0 Å². The molecule has 0 spiro atoms. The molecule has 22 heavy (non-hydrogen) atoms. The summed E-state index contributed by atoms with van der Waals surface area (Å²) in [7, 11) is -0.919. The first-order chi connectivity index (χ1) is 10.6. The standard InChI is InChI=1S/C15H13BN3O3/c1-16(20)21-10-11-9-14(7-8-15(11)19-17)22-13-5-3-12(18-2)4-6-13/h3-9,20H,10H2,1H3/q+1. The first-order valence-corrected chi connectivity index (χ1v) is 6.55. The molecule has 0 aliphatic heterocycles. The van der Waals surface area contributed by atoms with Crippen molar-refractivity contribution in [3.8, 4) is 11.5 Å². The van der Waals surface area contributed by atoms with E-state index in [0.29, 0.717) is 28.4 Å². The van der Waals surface area contributed by atoms with Gasteiger partial charge in [0.1, 0.15) is 11.5 Å². The quantitative estimate of drug-likeness (QED) is 0.511. The Labute approximate surface area is 128 Å². The average molecular weight is 294 g/mol. The SMILES string of the molecule is [C-]#[N+]c1ccc(Oc2ccc([N+]#N)c(COB(C)O)c2)cc1. The Kier molecular flexibility index (Phi) is 5.10. The highest BCUT2D eigenvalue weighted by Crippen LogP contribution is 2.29. The van der Waals surface area contributed by atoms with Gasteiger partial charge in [0.05, 0.1) is 18.7 Å². The third-order valence-electron chi connectivity index (χ3n) is 2.84. The molecule has 0 aliphatic rings. The Morgan fingerprint density at radius 3 is 2.45 bits per heavy atom. The highest BCUT2D eigenvalue weighted by molar-refractivity contribution is 6.40. The maximum atomic E-state index is 9.16. The second-order valence-electron chi connectivity index (χ2n) is 4.51. The zero-order chi connectivity index (χ0) is 15.9. The minimum absolute atomic E-state index is 0.0882. The van der Waals surface area contributed by atoms with Crippen molar-refractivity contribution in [3.05, 3.63) is 64.4 Å². The van der Waals surface area contributed by atoms with Crippen LogP contribution in [0.1, 0.15) is 5.56 Å². The summed E-state index contributed by atoms with van der Waals surface area (Å²) < 4.78 is 10.8. The lowest BCUT2D eigenvalue weighted by Gasteiger charge is -2.07. The molecular weight excluding hydrogens is 281 g/mol. The fourth-order valence-electron chi connectivity index (χ4n) is 1.77. The van der Waals surface area contributed by atoms with Crippen molar-refractivity contribution in [2.45, 2.75) is 13.4 Å². The van der Waals surface area contributed by atoms with Crippen molar-refractivity contribution in [1.29, 1.82) is 5.39 Å². The van der Waals surface area contributed by atoms with E-state index in [0.717, 1.165) is 0 Å². The molecule has 0 aromatic heterocycles. The minimum atomic E-state index is -0.919. The minimum Gasteiger partial charge on any atom is -0.457 e. The third kappa shape index (κ3) is 4.06. The number of nitrogens with zero attached hydrogens (tertiary/aromatic N) is 3. The zero-order valence-corrected chi connectivity index (χ0v) is 11.9. The van der Waals surface area contributed by atoms with Gasteiger partial charge >= 0.3 is 12.8 Å². The van der Waals surface area contributed by atoms with Crippen molar-refractivity contribution in [2.75, 3.05) is 0 Å². The van der Waals surface area contributed by atoms with Gasteiger partial charge in [-0.3, -0.25) is 0 Å². The second kappa shape index (κ2) is 7.23. The Morgan fingerprint density at radius 1 is 1.18 bits per heavy atom. The van der Waals surface area contributed by atoms with Crippen LogP contribution >= 0.6 is 0 Å². The summed E-state index contributed by atoms with van der Waals surface area (Å²) in [6.07, 6.45) is 0. The molecule has 0 saturated carbocycles. The molecule has 0 bridgehead atoms. The molecule has 1 N–H and O–H groups in total. The highest BCUT2D eigenvalue weighted by Gasteiger charge is 2.16. The molecule has 2 rings (SSSR count). The highest BCUT2D eigenvalue weighted by atomic mass is 16.5. The van der Waals surface area contributed by atoms with Crippen LogP contribution in [0.25, 0.3) is 9.82 Å². The number of ether oxygens (including phenoxy) is 1. The van der Waals surface area contributed by atoms with Gasteiger partial charge in [-0.2, -0.15) is 0 Å². The number of benzene rings is 2. The van der Waals surface area contributed by atoms with Crippen LogP contribution in [0, 0.1) is 12.0 Å². The first-order valence-electron chi connectivity index (χ1n) is 6.55. The van der Waals surface area contributed by atoms with Gasteiger partial charge in [0.25, 0.3) is 0 Å². The second-order valence-corrected chi connectivity index (χ2v) is 4.51. The smallest absolute Gasteiger partial charge is 0.451 e. The van der Waals surface area contributed by atoms with Crippen molar-refractivity contribution >= 4 is 18.5 Å². The van der Waals surface area contributed by atoms with Crippen molar-refractivity contribution < 1.29 is 14.4 Å². The van der Waals surface area contributed by atoms with E-state index in [1.54, 1.807) is 42.5 Å². The van der Waals surface area contributed by atoms with Gasteiger partial charge in [-0.05, 0) is 31.1 Å². The third-order valence-corrected chi connectivity index (χ3v) is 2.84. The van der Waals surface area contributed by atoms with Crippen molar-refractivity contribution in [3.63, 3.8) is 0 Å². The summed E-state index contributed by atoms with van der Waals surface area (Å²) in [4.78, 5) is 6.48. The summed E-state index contributed by atoms with van der Waals surface area (Å²) in [6.45, 7) is 8.49. The molecule has 7 heteroatoms. The lowest BCUT2D eigenvalue weighted by Crippen LogP contribution is -2.11. The van der Waals surface area contributed by atoms with E-state index < -0.39 is 7.12 Å². The fraction of sp³-hybridized carbons (Fsp3) is 0.133. The molecule has 0 atom stereocenters. The molecule has 0 saturated heterocycles. The summed E-state index contributed by atoms with van der Waals surface area (Å²) in [5, 5.41) is 18.1. The molecule has 0 heterocycles. The molecule has 6 nitrogen and oxygen atoms in total. The normalized spacial score (nSPS) is 9.64. The number of hydrogen-bond donors (Lipinski definition) is 1. The molecule has 0 amide bonds. The van der Waals surface area contributed by atoms with Gasteiger partial charge in [-0.25, -0.2) is 4.85 Å². The van der Waals surface area contributed by atoms with E-state index >= 15 is 0 Å². The summed E-state index contributed by atoms with van der Waals surface area (Å²) in [6, 6.07) is 11.6. The molecule has 2 aromatic carbocycles. The topological polar surface area (TPSA) is 71.2 Å². The zero-order valence-electron chi connectivity index (χ0n) is 11.9. The number of diazo groups is 1. The Bertz CT molecular complexity index is 733. The molecule has 0 radical (unpaired) electrons. The lowest BCUT2D eigenvalue weighted by molar-refractivity contribution is 0.254. The van der Waals surface area contributed by atoms with Gasteiger partial charge in [-0.1, -0.05) is 12.1 Å². The predicted octanol–water partition coefficient (Wildman–Crippen LogP) is 4.14. The molecule has 0 unspecified atom stereocenters. The molecule has 0 fully saturated rings. The van der Waals surface area contributed by atoms with E-state index in [-0.39, 0.29) is 6.61 Å². The number of hydrogen-bond acceptors (Lipinski definition) is 4. The Hall–Kier alpha value is -2.87. The van der Waals surface area contributed by atoms with Crippen molar-refractivity contribution in [2.24, 2.45) is 0 Å². The molecule has 2 aromatic rings. The largest absolute Gasteiger partial charge is 0.457 e. The van der Waals surface area contributed by atoms with E-state index in [4.69, 9.17) is 26.4 Å². The van der Waals surface area contributed by atoms with E-state index in [1.165, 1.54) is 6.82 Å². The van der Waals surface area contributed by atoms with Crippen LogP contribution in [0.2, 0.25) is 6.82 Å². The van der Waals surface area contributed by atoms with Crippen LogP contribution < -0.4 is 4.74 Å². The Morgan fingerprint density at radius 2 is 1.86 bits per heavy atom. The van der Waals surface area contributed by atoms with Gasteiger partial charge in [0.2, 0.25) is 5.39 Å². The monoisotopic (exact) mass is 294 g/mol. The molecule has 0 aliphatic carbocycles. The molecule has 108 valence electrons. The summed E-state index contributed by atoms with van der Waals surface area (Å²) in [5.74, 6) is 1.12. The van der Waals surface area contributed by atoms with Gasteiger partial charge in [0, 0.05) is 6.07 Å². The summed E-state index contributed by atoms with van der Waals surface area (Å²) >= 11 is 0. The number of rotatable bonds is 5. The van der Waals surface area contributed by atoms with Gasteiger partial charge < -0.3 is 14.4 Å². The van der Waals surface area contributed by atoms with E-state index in [1.807, 2.05) is 0 Å². The van der Waals surface area contributed by atoms with Crippen LogP contribution in [0.15, 0.2) is 42.5 Å². The van der Waals surface area contributed by atoms with Crippen LogP contribution in [0.5, 0.6) is 11.5 Å². The molecular formula is C15H13BN3O3+. The van der Waals surface area contributed by atoms with Crippen LogP contribution in [0.4, 0.5) is 11.4 Å². The summed E-state index contributed by atoms with van der Waals surface area (Å²) in [5.41, 5.74) is 1.46. The van der Waals surface area contributed by atoms with Crippen LogP contribution in [-0.4, -0.2) is 12.1 Å². The van der Waals surface area contributed by atoms with Crippen LogP contribution in [-0.2, 0) is 11.3 Å². The van der Waals surface area contributed by atoms with E-state index in [9.17, 15) is 0 Å². The van der Waals surface area contributed by atoms with Crippen LogP contribution in [0.3, 0.4) is 0 Å². The van der Waals surface area contributed by atoms with Gasteiger partial charge in [0.15, 0.2) is 10.7 Å². The fourth-order valence-corrected chi connectivity index (χ4v) is 1.77. The maximum absolute atomic E-state index is 9.16. The Balaban J connectivity index is 2.18. The first kappa shape index (κ1) is 15.5.